The van der Waals surface area contributed by atoms with Gasteiger partial charge >= 0.3 is 0 Å². The molecule has 2 atom stereocenters. The van der Waals surface area contributed by atoms with Gasteiger partial charge in [0.2, 0.25) is 0 Å². The molecule has 2 nitrogen and oxygen atoms in total. The van der Waals surface area contributed by atoms with Crippen LogP contribution < -0.4 is 0 Å². The maximum absolute atomic E-state index is 9.25. The summed E-state index contributed by atoms with van der Waals surface area (Å²) in [6, 6.07) is 10.6. The van der Waals surface area contributed by atoms with Gasteiger partial charge in [-0.15, -0.1) is 11.8 Å². The van der Waals surface area contributed by atoms with Gasteiger partial charge in [0.05, 0.1) is 12.7 Å². The van der Waals surface area contributed by atoms with Gasteiger partial charge in [-0.05, 0) is 78.4 Å². The second-order valence-corrected chi connectivity index (χ2v) is 9.56. The summed E-state index contributed by atoms with van der Waals surface area (Å²) in [7, 11) is 0. The van der Waals surface area contributed by atoms with Gasteiger partial charge < -0.3 is 9.84 Å². The molecule has 0 amide bonds. The van der Waals surface area contributed by atoms with Gasteiger partial charge in [-0.25, -0.2) is 0 Å². The number of epoxide rings is 1. The number of hydrogen-bond acceptors (Lipinski definition) is 3. The molecule has 0 spiro atoms. The largest absolute Gasteiger partial charge is 0.393 e. The predicted octanol–water partition coefficient (Wildman–Crippen LogP) is 7.11. The van der Waals surface area contributed by atoms with Gasteiger partial charge in [0.1, 0.15) is 5.60 Å². The minimum absolute atomic E-state index is 0.130. The monoisotopic (exact) mass is 414 g/mol. The Bertz CT molecular complexity index is 705. The van der Waals surface area contributed by atoms with E-state index < -0.39 is 0 Å². The summed E-state index contributed by atoms with van der Waals surface area (Å²) >= 11 is 1.89. The van der Waals surface area contributed by atoms with Crippen LogP contribution in [-0.4, -0.2) is 29.2 Å². The molecule has 0 bridgehead atoms. The molecule has 0 unspecified atom stereocenters. The minimum atomic E-state index is -0.271. The Morgan fingerprint density at radius 3 is 2.14 bits per heavy atom. The summed E-state index contributed by atoms with van der Waals surface area (Å²) in [4.78, 5) is 1.34. The highest BCUT2D eigenvalue weighted by molar-refractivity contribution is 7.99. The molecule has 29 heavy (non-hydrogen) atoms. The Kier molecular flexibility index (Phi) is 10.3. The van der Waals surface area contributed by atoms with E-state index in [4.69, 9.17) is 4.74 Å². The molecular weight excluding hydrogens is 376 g/mol. The Morgan fingerprint density at radius 2 is 1.55 bits per heavy atom. The van der Waals surface area contributed by atoms with Crippen LogP contribution in [0.4, 0.5) is 0 Å². The summed E-state index contributed by atoms with van der Waals surface area (Å²) in [5, 5.41) is 9.25. The lowest BCUT2D eigenvalue weighted by molar-refractivity contribution is 0.184. The van der Waals surface area contributed by atoms with Crippen molar-refractivity contribution in [3.05, 3.63) is 65.3 Å². The summed E-state index contributed by atoms with van der Waals surface area (Å²) < 4.78 is 5.57. The molecule has 3 heteroatoms. The molecule has 2 rings (SSSR count). The zero-order valence-electron chi connectivity index (χ0n) is 18.6. The van der Waals surface area contributed by atoms with Crippen molar-refractivity contribution in [3.63, 3.8) is 0 Å². The van der Waals surface area contributed by atoms with Gasteiger partial charge in [0.15, 0.2) is 0 Å². The first-order chi connectivity index (χ1) is 13.9. The first-order valence-corrected chi connectivity index (χ1v) is 11.8. The highest BCUT2D eigenvalue weighted by Gasteiger charge is 2.50. The fourth-order valence-electron chi connectivity index (χ4n) is 3.35. The van der Waals surface area contributed by atoms with Crippen LogP contribution in [0.25, 0.3) is 0 Å². The third-order valence-electron chi connectivity index (χ3n) is 5.64. The molecule has 1 aromatic rings. The first-order valence-electron chi connectivity index (χ1n) is 10.9. The van der Waals surface area contributed by atoms with Crippen LogP contribution in [0.2, 0.25) is 0 Å². The standard InChI is InChI=1S/C26H38O2S/c1-21(10-8-12-22(2)16-17-25-26(4,20-27)28-25)11-9-13-23(3)18-19-29-24-14-6-5-7-15-24/h5-7,11-12,14-15,18,25,27H,8-10,13,16-17,19-20H2,1-4H3/b21-11+,22-12+,23-18+/t25-,26-/m1/s1. The van der Waals surface area contributed by atoms with E-state index in [9.17, 15) is 5.11 Å². The third-order valence-corrected chi connectivity index (χ3v) is 6.58. The summed E-state index contributed by atoms with van der Waals surface area (Å²) in [5.74, 6) is 1.05. The number of aliphatic hydroxyl groups excluding tert-OH is 1. The number of thioether (sulfide) groups is 1. The number of ether oxygens (including phenoxy) is 1. The molecule has 1 heterocycles. The van der Waals surface area contributed by atoms with E-state index in [0.29, 0.717) is 0 Å². The summed E-state index contributed by atoms with van der Waals surface area (Å²) in [5.41, 5.74) is 4.12. The second-order valence-electron chi connectivity index (χ2n) is 8.47. The lowest BCUT2D eigenvalue weighted by atomic mass is 10.0. The molecule has 0 aromatic heterocycles. The Morgan fingerprint density at radius 1 is 0.966 bits per heavy atom. The van der Waals surface area contributed by atoms with Crippen LogP contribution in [0.3, 0.4) is 0 Å². The highest BCUT2D eigenvalue weighted by atomic mass is 32.2. The van der Waals surface area contributed by atoms with Crippen molar-refractivity contribution < 1.29 is 9.84 Å². The van der Waals surface area contributed by atoms with Crippen LogP contribution in [0.15, 0.2) is 70.2 Å². The molecule has 1 fully saturated rings. The van der Waals surface area contributed by atoms with Crippen molar-refractivity contribution in [1.29, 1.82) is 0 Å². The van der Waals surface area contributed by atoms with E-state index in [1.165, 1.54) is 21.6 Å². The topological polar surface area (TPSA) is 32.8 Å². The number of hydrogen-bond donors (Lipinski definition) is 1. The van der Waals surface area contributed by atoms with Gasteiger partial charge in [-0.2, -0.15) is 0 Å². The van der Waals surface area contributed by atoms with Crippen LogP contribution in [0.1, 0.15) is 66.2 Å². The SMILES string of the molecule is C/C(=C\CC/C(C)=C/CSc1ccccc1)CC/C=C(\C)CC[C@H]1O[C@]1(C)CO. The first kappa shape index (κ1) is 24.0. The number of benzene rings is 1. The molecule has 1 N–H and O–H groups in total. The quantitative estimate of drug-likeness (QED) is 0.212. The van der Waals surface area contributed by atoms with Gasteiger partial charge in [-0.3, -0.25) is 0 Å². The molecular formula is C26H38O2S. The van der Waals surface area contributed by atoms with E-state index in [-0.39, 0.29) is 18.3 Å². The Balaban J connectivity index is 1.57. The van der Waals surface area contributed by atoms with Crippen molar-refractivity contribution in [2.75, 3.05) is 12.4 Å². The van der Waals surface area contributed by atoms with E-state index in [1.54, 1.807) is 0 Å². The maximum Gasteiger partial charge on any atom is 0.115 e. The summed E-state index contributed by atoms with van der Waals surface area (Å²) in [6.45, 7) is 8.82. The molecule has 0 saturated carbocycles. The molecule has 0 radical (unpaired) electrons. The average Bonchev–Trinajstić information content (AvgIpc) is 3.38. The number of aliphatic hydroxyl groups is 1. The molecule has 1 aromatic carbocycles. The zero-order chi connectivity index (χ0) is 21.1. The van der Waals surface area contributed by atoms with Crippen LogP contribution >= 0.6 is 11.8 Å². The van der Waals surface area contributed by atoms with Crippen LogP contribution in [0, 0.1) is 0 Å². The van der Waals surface area contributed by atoms with E-state index in [2.05, 4.69) is 69.3 Å². The predicted molar refractivity (Wildman–Crippen MR) is 127 cm³/mol. The zero-order valence-corrected chi connectivity index (χ0v) is 19.4. The van der Waals surface area contributed by atoms with Crippen molar-refractivity contribution in [2.45, 2.75) is 82.8 Å². The number of rotatable bonds is 13. The second kappa shape index (κ2) is 12.4. The summed E-state index contributed by atoms with van der Waals surface area (Å²) in [6.07, 6.45) is 14.0. The smallest absolute Gasteiger partial charge is 0.115 e. The van der Waals surface area contributed by atoms with Gasteiger partial charge in [-0.1, -0.05) is 53.1 Å². The minimum Gasteiger partial charge on any atom is -0.393 e. The Labute approximate surface area is 182 Å². The molecule has 160 valence electrons. The van der Waals surface area contributed by atoms with Crippen LogP contribution in [-0.2, 0) is 4.74 Å². The lowest BCUT2D eigenvalue weighted by Crippen LogP contribution is -2.14. The Hall–Kier alpha value is -1.29. The average molecular weight is 415 g/mol. The maximum atomic E-state index is 9.25. The third kappa shape index (κ3) is 9.37. The van der Waals surface area contributed by atoms with Crippen molar-refractivity contribution in [1.82, 2.24) is 0 Å². The molecule has 1 aliphatic rings. The number of allylic oxidation sites excluding steroid dienone is 5. The van der Waals surface area contributed by atoms with Crippen molar-refractivity contribution in [3.8, 4) is 0 Å². The molecule has 1 saturated heterocycles. The molecule has 0 aliphatic carbocycles. The lowest BCUT2D eigenvalue weighted by Gasteiger charge is -2.04. The highest BCUT2D eigenvalue weighted by Crippen LogP contribution is 2.39. The van der Waals surface area contributed by atoms with E-state index in [0.717, 1.165) is 44.3 Å². The van der Waals surface area contributed by atoms with E-state index >= 15 is 0 Å². The van der Waals surface area contributed by atoms with Gasteiger partial charge in [0.25, 0.3) is 0 Å². The van der Waals surface area contributed by atoms with Gasteiger partial charge in [0, 0.05) is 10.6 Å². The van der Waals surface area contributed by atoms with Crippen LogP contribution in [0.5, 0.6) is 0 Å². The normalized spacial score (nSPS) is 22.8. The molecule has 1 aliphatic heterocycles. The fourth-order valence-corrected chi connectivity index (χ4v) is 4.26. The van der Waals surface area contributed by atoms with Crippen molar-refractivity contribution >= 4 is 11.8 Å². The van der Waals surface area contributed by atoms with Crippen molar-refractivity contribution in [2.24, 2.45) is 0 Å². The fraction of sp³-hybridized carbons (Fsp3) is 0.538. The van der Waals surface area contributed by atoms with E-state index in [1.807, 2.05) is 18.7 Å².